The van der Waals surface area contributed by atoms with E-state index in [4.69, 9.17) is 4.74 Å². The first-order valence-electron chi connectivity index (χ1n) is 7.52. The fraction of sp³-hybridized carbons (Fsp3) is 0.353. The third kappa shape index (κ3) is 3.74. The summed E-state index contributed by atoms with van der Waals surface area (Å²) < 4.78 is 5.44. The third-order valence-electron chi connectivity index (χ3n) is 3.91. The van der Waals surface area contributed by atoms with Gasteiger partial charge in [-0.3, -0.25) is 9.69 Å². The average Bonchev–Trinajstić information content (AvgIpc) is 3.11. The number of benzene rings is 1. The second-order valence-corrected chi connectivity index (χ2v) is 6.08. The van der Waals surface area contributed by atoms with Crippen LogP contribution in [0.1, 0.15) is 22.0 Å². The zero-order chi connectivity index (χ0) is 15.2. The Kier molecular flexibility index (Phi) is 5.21. The maximum atomic E-state index is 12.2. The first-order valence-corrected chi connectivity index (χ1v) is 8.46. The van der Waals surface area contributed by atoms with Crippen LogP contribution in [-0.2, 0) is 4.74 Å². The number of nitrogens with zero attached hydrogens (tertiary/aromatic N) is 1. The normalized spacial score (nSPS) is 17.1. The molecule has 0 bridgehead atoms. The van der Waals surface area contributed by atoms with Crippen molar-refractivity contribution < 1.29 is 9.53 Å². The maximum Gasteiger partial charge on any atom is 0.251 e. The SMILES string of the molecule is O=C(NC[C@@H](c1ccsc1)N1CCOCC1)c1ccccc1. The molecule has 1 amide bonds. The molecule has 2 heterocycles. The van der Waals surface area contributed by atoms with Crippen molar-refractivity contribution in [2.75, 3.05) is 32.8 Å². The summed E-state index contributed by atoms with van der Waals surface area (Å²) in [6.45, 7) is 3.94. The Morgan fingerprint density at radius 1 is 1.23 bits per heavy atom. The van der Waals surface area contributed by atoms with Crippen LogP contribution in [0.25, 0.3) is 0 Å². The Balaban J connectivity index is 1.66. The van der Waals surface area contributed by atoms with Gasteiger partial charge >= 0.3 is 0 Å². The highest BCUT2D eigenvalue weighted by Crippen LogP contribution is 2.23. The van der Waals surface area contributed by atoms with Crippen molar-refractivity contribution in [3.05, 3.63) is 58.3 Å². The summed E-state index contributed by atoms with van der Waals surface area (Å²) in [5.41, 5.74) is 1.97. The zero-order valence-electron chi connectivity index (χ0n) is 12.4. The van der Waals surface area contributed by atoms with E-state index in [-0.39, 0.29) is 11.9 Å². The van der Waals surface area contributed by atoms with Crippen LogP contribution < -0.4 is 5.32 Å². The van der Waals surface area contributed by atoms with E-state index in [0.717, 1.165) is 26.3 Å². The van der Waals surface area contributed by atoms with Crippen LogP contribution in [0.5, 0.6) is 0 Å². The minimum Gasteiger partial charge on any atom is -0.379 e. The van der Waals surface area contributed by atoms with E-state index < -0.39 is 0 Å². The molecule has 1 atom stereocenters. The lowest BCUT2D eigenvalue weighted by atomic mass is 10.1. The summed E-state index contributed by atoms with van der Waals surface area (Å²) in [6, 6.07) is 11.7. The van der Waals surface area contributed by atoms with Crippen LogP contribution in [0.2, 0.25) is 0 Å². The van der Waals surface area contributed by atoms with E-state index in [9.17, 15) is 4.79 Å². The summed E-state index contributed by atoms with van der Waals surface area (Å²) >= 11 is 1.69. The molecular weight excluding hydrogens is 296 g/mol. The summed E-state index contributed by atoms with van der Waals surface area (Å²) in [4.78, 5) is 14.6. The molecule has 0 spiro atoms. The Labute approximate surface area is 134 Å². The number of hydrogen-bond acceptors (Lipinski definition) is 4. The number of ether oxygens (including phenoxy) is 1. The van der Waals surface area contributed by atoms with Crippen LogP contribution in [0.4, 0.5) is 0 Å². The first kappa shape index (κ1) is 15.2. The molecule has 1 aromatic heterocycles. The topological polar surface area (TPSA) is 41.6 Å². The highest BCUT2D eigenvalue weighted by atomic mass is 32.1. The van der Waals surface area contributed by atoms with E-state index in [1.54, 1.807) is 11.3 Å². The van der Waals surface area contributed by atoms with E-state index in [1.165, 1.54) is 5.56 Å². The van der Waals surface area contributed by atoms with Crippen molar-refractivity contribution in [3.8, 4) is 0 Å². The quantitative estimate of drug-likeness (QED) is 0.922. The van der Waals surface area contributed by atoms with Crippen molar-refractivity contribution in [2.24, 2.45) is 0 Å². The second kappa shape index (κ2) is 7.54. The van der Waals surface area contributed by atoms with Crippen LogP contribution in [-0.4, -0.2) is 43.7 Å². The smallest absolute Gasteiger partial charge is 0.251 e. The van der Waals surface area contributed by atoms with Crippen LogP contribution in [0.3, 0.4) is 0 Å². The molecule has 4 nitrogen and oxygen atoms in total. The molecule has 5 heteroatoms. The average molecular weight is 316 g/mol. The Bertz CT molecular complexity index is 580. The number of carbonyl (C=O) groups excluding carboxylic acids is 1. The highest BCUT2D eigenvalue weighted by Gasteiger charge is 2.23. The van der Waals surface area contributed by atoms with E-state index >= 15 is 0 Å². The molecular formula is C17H20N2O2S. The van der Waals surface area contributed by atoms with Gasteiger partial charge in [0, 0.05) is 25.2 Å². The molecule has 0 saturated carbocycles. The monoisotopic (exact) mass is 316 g/mol. The molecule has 116 valence electrons. The number of amides is 1. The molecule has 1 fully saturated rings. The van der Waals surface area contributed by atoms with Gasteiger partial charge in [0.05, 0.1) is 19.3 Å². The maximum absolute atomic E-state index is 12.2. The number of hydrogen-bond donors (Lipinski definition) is 1. The lowest BCUT2D eigenvalue weighted by molar-refractivity contribution is 0.0163. The van der Waals surface area contributed by atoms with Gasteiger partial charge in [0.15, 0.2) is 0 Å². The standard InChI is InChI=1S/C17H20N2O2S/c20-17(14-4-2-1-3-5-14)18-12-16(15-6-11-22-13-15)19-7-9-21-10-8-19/h1-6,11,13,16H,7-10,12H2,(H,18,20)/t16-/m0/s1. The zero-order valence-corrected chi connectivity index (χ0v) is 13.2. The molecule has 3 rings (SSSR count). The lowest BCUT2D eigenvalue weighted by Crippen LogP contribution is -2.43. The van der Waals surface area contributed by atoms with E-state index in [0.29, 0.717) is 12.1 Å². The fourth-order valence-corrected chi connectivity index (χ4v) is 3.40. The van der Waals surface area contributed by atoms with Crippen molar-refractivity contribution in [1.82, 2.24) is 10.2 Å². The Hall–Kier alpha value is -1.69. The van der Waals surface area contributed by atoms with Crippen molar-refractivity contribution in [2.45, 2.75) is 6.04 Å². The first-order chi connectivity index (χ1) is 10.8. The predicted octanol–water partition coefficient (Wildman–Crippen LogP) is 2.55. The minimum atomic E-state index is -0.0194. The number of nitrogens with one attached hydrogen (secondary N) is 1. The minimum absolute atomic E-state index is 0.0194. The summed E-state index contributed by atoms with van der Waals surface area (Å²) in [7, 11) is 0. The van der Waals surface area contributed by atoms with Crippen LogP contribution in [0.15, 0.2) is 47.2 Å². The number of thiophene rings is 1. The van der Waals surface area contributed by atoms with Gasteiger partial charge in [-0.05, 0) is 34.5 Å². The van der Waals surface area contributed by atoms with Gasteiger partial charge in [0.2, 0.25) is 0 Å². The molecule has 1 N–H and O–H groups in total. The summed E-state index contributed by atoms with van der Waals surface area (Å²) in [5.74, 6) is -0.0194. The predicted molar refractivity (Wildman–Crippen MR) is 88.2 cm³/mol. The van der Waals surface area contributed by atoms with E-state index in [2.05, 4.69) is 27.0 Å². The Morgan fingerprint density at radius 2 is 2.00 bits per heavy atom. The number of carbonyl (C=O) groups is 1. The molecule has 2 aromatic rings. The lowest BCUT2D eigenvalue weighted by Gasteiger charge is -2.34. The molecule has 0 aliphatic carbocycles. The number of morpholine rings is 1. The van der Waals surface area contributed by atoms with Crippen molar-refractivity contribution in [3.63, 3.8) is 0 Å². The second-order valence-electron chi connectivity index (χ2n) is 5.30. The summed E-state index contributed by atoms with van der Waals surface area (Å²) in [5, 5.41) is 7.31. The van der Waals surface area contributed by atoms with Gasteiger partial charge in [-0.25, -0.2) is 0 Å². The number of rotatable bonds is 5. The van der Waals surface area contributed by atoms with Crippen molar-refractivity contribution in [1.29, 1.82) is 0 Å². The van der Waals surface area contributed by atoms with Gasteiger partial charge in [-0.1, -0.05) is 18.2 Å². The van der Waals surface area contributed by atoms with Gasteiger partial charge < -0.3 is 10.1 Å². The highest BCUT2D eigenvalue weighted by molar-refractivity contribution is 7.07. The van der Waals surface area contributed by atoms with Gasteiger partial charge in [0.25, 0.3) is 5.91 Å². The summed E-state index contributed by atoms with van der Waals surface area (Å²) in [6.07, 6.45) is 0. The molecule has 0 unspecified atom stereocenters. The largest absolute Gasteiger partial charge is 0.379 e. The molecule has 1 saturated heterocycles. The molecule has 1 aromatic carbocycles. The fourth-order valence-electron chi connectivity index (χ4n) is 2.69. The third-order valence-corrected chi connectivity index (χ3v) is 4.61. The molecule has 1 aliphatic heterocycles. The van der Waals surface area contributed by atoms with E-state index in [1.807, 2.05) is 30.3 Å². The van der Waals surface area contributed by atoms with Gasteiger partial charge in [-0.15, -0.1) is 0 Å². The van der Waals surface area contributed by atoms with Crippen molar-refractivity contribution >= 4 is 17.2 Å². The molecule has 1 aliphatic rings. The molecule has 22 heavy (non-hydrogen) atoms. The van der Waals surface area contributed by atoms with Gasteiger partial charge in [-0.2, -0.15) is 11.3 Å². The Morgan fingerprint density at radius 3 is 2.68 bits per heavy atom. The van der Waals surface area contributed by atoms with Crippen LogP contribution in [0, 0.1) is 0 Å². The van der Waals surface area contributed by atoms with Crippen LogP contribution >= 0.6 is 11.3 Å². The molecule has 0 radical (unpaired) electrons. The van der Waals surface area contributed by atoms with Gasteiger partial charge in [0.1, 0.15) is 0 Å².